The molecule has 1 atom stereocenters. The maximum atomic E-state index is 13.5. The molecule has 3 aromatic rings. The first-order valence-corrected chi connectivity index (χ1v) is 10.8. The van der Waals surface area contributed by atoms with Crippen molar-refractivity contribution in [3.8, 4) is 5.75 Å². The Hall–Kier alpha value is -3.35. The molecule has 3 aromatic carbocycles. The molecule has 0 bridgehead atoms. The van der Waals surface area contributed by atoms with Crippen LogP contribution in [0.15, 0.2) is 72.3 Å². The number of amides is 1. The standard InChI is InChI=1S/C25H18Cl2FNO4/c1-2-33-20-13-15(5-12-19(20)27)23(30)21-22(14-3-6-16(26)7-4-14)29(25(32)24(21)31)18-10-8-17(28)9-11-18/h3-13,22,30H,2H2,1H3/b23-21-. The normalized spacial score (nSPS) is 17.5. The van der Waals surface area contributed by atoms with E-state index in [4.69, 9.17) is 27.9 Å². The van der Waals surface area contributed by atoms with Gasteiger partial charge in [-0.25, -0.2) is 4.39 Å². The van der Waals surface area contributed by atoms with Crippen LogP contribution in [-0.4, -0.2) is 23.4 Å². The number of carbonyl (C=O) groups is 2. The van der Waals surface area contributed by atoms with Crippen molar-refractivity contribution in [2.45, 2.75) is 13.0 Å². The number of ether oxygens (including phenoxy) is 1. The summed E-state index contributed by atoms with van der Waals surface area (Å²) in [5, 5.41) is 12.0. The van der Waals surface area contributed by atoms with Gasteiger partial charge in [0.25, 0.3) is 11.7 Å². The molecule has 1 fully saturated rings. The van der Waals surface area contributed by atoms with Gasteiger partial charge in [0.15, 0.2) is 0 Å². The van der Waals surface area contributed by atoms with Gasteiger partial charge in [-0.15, -0.1) is 0 Å². The molecule has 0 saturated carbocycles. The zero-order valence-electron chi connectivity index (χ0n) is 17.4. The van der Waals surface area contributed by atoms with Gasteiger partial charge in [0.05, 0.1) is 23.2 Å². The van der Waals surface area contributed by atoms with Crippen LogP contribution in [0.4, 0.5) is 10.1 Å². The Kier molecular flexibility index (Phi) is 6.40. The Morgan fingerprint density at radius 1 is 1.03 bits per heavy atom. The Bertz CT molecular complexity index is 1260. The van der Waals surface area contributed by atoms with Crippen LogP contribution in [0.25, 0.3) is 5.76 Å². The third-order valence-corrected chi connectivity index (χ3v) is 5.80. The lowest BCUT2D eigenvalue weighted by Crippen LogP contribution is -2.29. The SMILES string of the molecule is CCOc1cc(/C(O)=C2/C(=O)C(=O)N(c3ccc(F)cc3)C2c2ccc(Cl)cc2)ccc1Cl. The predicted molar refractivity (Wildman–Crippen MR) is 125 cm³/mol. The third-order valence-electron chi connectivity index (χ3n) is 5.24. The molecule has 1 aliphatic heterocycles. The van der Waals surface area contributed by atoms with Gasteiger partial charge >= 0.3 is 0 Å². The second-order valence-electron chi connectivity index (χ2n) is 7.28. The molecule has 1 heterocycles. The highest BCUT2D eigenvalue weighted by atomic mass is 35.5. The van der Waals surface area contributed by atoms with Gasteiger partial charge in [0, 0.05) is 16.3 Å². The van der Waals surface area contributed by atoms with E-state index in [-0.39, 0.29) is 16.9 Å². The molecule has 1 N–H and O–H groups in total. The summed E-state index contributed by atoms with van der Waals surface area (Å²) >= 11 is 12.2. The van der Waals surface area contributed by atoms with Crippen molar-refractivity contribution in [1.29, 1.82) is 0 Å². The first-order valence-electron chi connectivity index (χ1n) is 10.1. The minimum absolute atomic E-state index is 0.114. The smallest absolute Gasteiger partial charge is 0.300 e. The van der Waals surface area contributed by atoms with Crippen molar-refractivity contribution in [2.24, 2.45) is 0 Å². The molecular formula is C25H18Cl2FNO4. The van der Waals surface area contributed by atoms with Crippen molar-refractivity contribution < 1.29 is 23.8 Å². The van der Waals surface area contributed by atoms with E-state index in [1.807, 2.05) is 0 Å². The molecule has 5 nitrogen and oxygen atoms in total. The van der Waals surface area contributed by atoms with Gasteiger partial charge in [-0.05, 0) is 67.1 Å². The predicted octanol–water partition coefficient (Wildman–Crippen LogP) is 6.16. The summed E-state index contributed by atoms with van der Waals surface area (Å²) in [7, 11) is 0. The van der Waals surface area contributed by atoms with Crippen LogP contribution in [0.1, 0.15) is 24.1 Å². The zero-order chi connectivity index (χ0) is 23.7. The van der Waals surface area contributed by atoms with Gasteiger partial charge in [0.2, 0.25) is 0 Å². The highest BCUT2D eigenvalue weighted by Gasteiger charge is 2.47. The first kappa shape index (κ1) is 22.8. The number of aliphatic hydroxyl groups is 1. The molecule has 1 unspecified atom stereocenters. The lowest BCUT2D eigenvalue weighted by Gasteiger charge is -2.25. The minimum Gasteiger partial charge on any atom is -0.507 e. The number of ketones is 1. The minimum atomic E-state index is -0.959. The quantitative estimate of drug-likeness (QED) is 0.267. The van der Waals surface area contributed by atoms with Crippen molar-refractivity contribution >= 4 is 46.3 Å². The average molecular weight is 486 g/mol. The van der Waals surface area contributed by atoms with E-state index < -0.39 is 23.5 Å². The van der Waals surface area contributed by atoms with Crippen LogP contribution in [0, 0.1) is 5.82 Å². The number of Topliss-reactive ketones (excluding diaryl/α,β-unsaturated/α-hetero) is 1. The number of nitrogens with zero attached hydrogens (tertiary/aromatic N) is 1. The van der Waals surface area contributed by atoms with Crippen molar-refractivity contribution in [2.75, 3.05) is 11.5 Å². The van der Waals surface area contributed by atoms with E-state index in [0.29, 0.717) is 33.7 Å². The lowest BCUT2D eigenvalue weighted by molar-refractivity contribution is -0.132. The fraction of sp³-hybridized carbons (Fsp3) is 0.120. The van der Waals surface area contributed by atoms with Gasteiger partial charge in [-0.1, -0.05) is 35.3 Å². The summed E-state index contributed by atoms with van der Waals surface area (Å²) in [5.41, 5.74) is 1.00. The molecule has 1 amide bonds. The molecule has 8 heteroatoms. The van der Waals surface area contributed by atoms with E-state index in [0.717, 1.165) is 0 Å². The van der Waals surface area contributed by atoms with Crippen LogP contribution < -0.4 is 9.64 Å². The molecule has 0 aliphatic carbocycles. The zero-order valence-corrected chi connectivity index (χ0v) is 18.9. The molecule has 0 aromatic heterocycles. The topological polar surface area (TPSA) is 66.8 Å². The molecule has 0 radical (unpaired) electrons. The van der Waals surface area contributed by atoms with E-state index in [1.54, 1.807) is 31.2 Å². The van der Waals surface area contributed by atoms with E-state index in [2.05, 4.69) is 0 Å². The number of rotatable bonds is 5. The fourth-order valence-corrected chi connectivity index (χ4v) is 4.03. The fourth-order valence-electron chi connectivity index (χ4n) is 3.73. The monoisotopic (exact) mass is 485 g/mol. The molecule has 1 saturated heterocycles. The van der Waals surface area contributed by atoms with Crippen molar-refractivity contribution in [3.63, 3.8) is 0 Å². The summed E-state index contributed by atoms with van der Waals surface area (Å²) in [4.78, 5) is 27.4. The van der Waals surface area contributed by atoms with Crippen LogP contribution in [0.3, 0.4) is 0 Å². The number of hydrogen-bond donors (Lipinski definition) is 1. The molecule has 1 aliphatic rings. The average Bonchev–Trinajstić information content (AvgIpc) is 3.06. The molecule has 168 valence electrons. The number of halogens is 3. The lowest BCUT2D eigenvalue weighted by atomic mass is 9.95. The Morgan fingerprint density at radius 2 is 1.70 bits per heavy atom. The van der Waals surface area contributed by atoms with Crippen molar-refractivity contribution in [1.82, 2.24) is 0 Å². The van der Waals surface area contributed by atoms with Gasteiger partial charge in [-0.3, -0.25) is 14.5 Å². The Balaban J connectivity index is 1.92. The number of carbonyl (C=O) groups excluding carboxylic acids is 2. The van der Waals surface area contributed by atoms with Gasteiger partial charge < -0.3 is 9.84 Å². The Morgan fingerprint density at radius 3 is 2.33 bits per heavy atom. The van der Waals surface area contributed by atoms with Crippen LogP contribution in [-0.2, 0) is 9.59 Å². The maximum absolute atomic E-state index is 13.5. The summed E-state index contributed by atoms with van der Waals surface area (Å²) in [5.74, 6) is -2.25. The van der Waals surface area contributed by atoms with Gasteiger partial charge in [-0.2, -0.15) is 0 Å². The molecule has 4 rings (SSSR count). The summed E-state index contributed by atoms with van der Waals surface area (Å²) in [6.45, 7) is 2.14. The number of anilines is 1. The maximum Gasteiger partial charge on any atom is 0.300 e. The van der Waals surface area contributed by atoms with Crippen LogP contribution >= 0.6 is 23.2 Å². The number of benzene rings is 3. The first-order chi connectivity index (χ1) is 15.8. The van der Waals surface area contributed by atoms with Crippen LogP contribution in [0.5, 0.6) is 5.75 Å². The third kappa shape index (κ3) is 4.32. The second kappa shape index (κ2) is 9.25. The van der Waals surface area contributed by atoms with E-state index >= 15 is 0 Å². The number of hydrogen-bond acceptors (Lipinski definition) is 4. The molecule has 0 spiro atoms. The largest absolute Gasteiger partial charge is 0.507 e. The second-order valence-corrected chi connectivity index (χ2v) is 8.12. The highest BCUT2D eigenvalue weighted by molar-refractivity contribution is 6.51. The van der Waals surface area contributed by atoms with E-state index in [9.17, 15) is 19.1 Å². The number of aliphatic hydroxyl groups excluding tert-OH is 1. The Labute approximate surface area is 199 Å². The highest BCUT2D eigenvalue weighted by Crippen LogP contribution is 2.43. The molecular weight excluding hydrogens is 468 g/mol. The summed E-state index contributed by atoms with van der Waals surface area (Å²) < 4.78 is 19.0. The molecule has 33 heavy (non-hydrogen) atoms. The van der Waals surface area contributed by atoms with Gasteiger partial charge in [0.1, 0.15) is 17.3 Å². The van der Waals surface area contributed by atoms with Crippen LogP contribution in [0.2, 0.25) is 10.0 Å². The summed E-state index contributed by atoms with van der Waals surface area (Å²) in [6, 6.07) is 15.4. The van der Waals surface area contributed by atoms with Crippen molar-refractivity contribution in [3.05, 3.63) is 99.3 Å². The van der Waals surface area contributed by atoms with E-state index in [1.165, 1.54) is 47.4 Å². The summed E-state index contributed by atoms with van der Waals surface area (Å²) in [6.07, 6.45) is 0.